The zero-order valence-electron chi connectivity index (χ0n) is 8.21. The lowest BCUT2D eigenvalue weighted by molar-refractivity contribution is 0.288. The van der Waals surface area contributed by atoms with Crippen LogP contribution in [0, 0.1) is 5.92 Å². The first-order valence-corrected chi connectivity index (χ1v) is 5.14. The van der Waals surface area contributed by atoms with Crippen molar-refractivity contribution in [1.82, 2.24) is 4.90 Å². The lowest BCUT2D eigenvalue weighted by Gasteiger charge is -2.20. The number of likely N-dealkylation sites (tertiary alicyclic amines) is 1. The van der Waals surface area contributed by atoms with E-state index < -0.39 is 0 Å². The predicted octanol–water partition coefficient (Wildman–Crippen LogP) is 2.44. The fourth-order valence-corrected chi connectivity index (χ4v) is 2.77. The Bertz CT molecular complexity index is 195. The Balaban J connectivity index is 2.07. The summed E-state index contributed by atoms with van der Waals surface area (Å²) in [4.78, 5) is 2.55. The van der Waals surface area contributed by atoms with E-state index in [1.165, 1.54) is 32.2 Å². The molecule has 0 radical (unpaired) electrons. The highest BCUT2D eigenvalue weighted by Crippen LogP contribution is 2.35. The minimum Gasteiger partial charge on any atom is -0.303 e. The average Bonchev–Trinajstić information content (AvgIpc) is 2.31. The summed E-state index contributed by atoms with van der Waals surface area (Å²) in [7, 11) is 2.28. The summed E-state index contributed by atoms with van der Waals surface area (Å²) in [6.45, 7) is 3.53. The Morgan fingerprint density at radius 1 is 1.50 bits per heavy atom. The van der Waals surface area contributed by atoms with E-state index in [4.69, 9.17) is 0 Å². The van der Waals surface area contributed by atoms with E-state index in [-0.39, 0.29) is 0 Å². The Hall–Kier alpha value is -0.300. The van der Waals surface area contributed by atoms with E-state index in [0.717, 1.165) is 12.0 Å². The van der Waals surface area contributed by atoms with Crippen LogP contribution in [0.25, 0.3) is 0 Å². The maximum Gasteiger partial charge on any atom is 0.00986 e. The van der Waals surface area contributed by atoms with Crippen LogP contribution >= 0.6 is 0 Å². The Labute approximate surface area is 75.4 Å². The lowest BCUT2D eigenvalue weighted by Crippen LogP contribution is -2.25. The van der Waals surface area contributed by atoms with Crippen molar-refractivity contribution in [2.24, 2.45) is 5.92 Å². The van der Waals surface area contributed by atoms with Gasteiger partial charge in [-0.3, -0.25) is 0 Å². The predicted molar refractivity (Wildman–Crippen MR) is 52.1 cm³/mol. The normalized spacial score (nSPS) is 40.3. The van der Waals surface area contributed by atoms with Crippen molar-refractivity contribution in [1.29, 1.82) is 0 Å². The summed E-state index contributed by atoms with van der Waals surface area (Å²) in [5, 5.41) is 0. The lowest BCUT2D eigenvalue weighted by atomic mass is 9.99. The standard InChI is InChI=1S/C11H19N/c1-3-9-4-5-11-7-10(6-9)8-12(11)2/h3,10-11H,4-8H2,1-2H3. The molecular formula is C11H19N. The van der Waals surface area contributed by atoms with Crippen molar-refractivity contribution in [2.45, 2.75) is 38.6 Å². The number of rotatable bonds is 0. The fraction of sp³-hybridized carbons (Fsp3) is 0.818. The van der Waals surface area contributed by atoms with E-state index in [1.807, 2.05) is 0 Å². The smallest absolute Gasteiger partial charge is 0.00986 e. The number of allylic oxidation sites excluding steroid dienone is 2. The number of nitrogens with zero attached hydrogens (tertiary/aromatic N) is 1. The molecule has 1 saturated carbocycles. The monoisotopic (exact) mass is 165 g/mol. The van der Waals surface area contributed by atoms with E-state index in [1.54, 1.807) is 5.57 Å². The van der Waals surface area contributed by atoms with Gasteiger partial charge in [0.15, 0.2) is 0 Å². The first kappa shape index (κ1) is 8.31. The number of hydrogen-bond donors (Lipinski definition) is 0. The molecule has 0 N–H and O–H groups in total. The highest BCUT2D eigenvalue weighted by atomic mass is 15.2. The SMILES string of the molecule is CC=C1CCC2CC(C1)CN2C. The zero-order chi connectivity index (χ0) is 8.55. The van der Waals surface area contributed by atoms with Crippen LogP contribution in [0.2, 0.25) is 0 Å². The maximum atomic E-state index is 2.55. The van der Waals surface area contributed by atoms with Crippen molar-refractivity contribution >= 4 is 0 Å². The molecule has 1 saturated heterocycles. The Kier molecular flexibility index (Phi) is 2.22. The molecule has 2 unspecified atom stereocenters. The van der Waals surface area contributed by atoms with Crippen LogP contribution in [0.15, 0.2) is 11.6 Å². The molecular weight excluding hydrogens is 146 g/mol. The van der Waals surface area contributed by atoms with Crippen LogP contribution in [0.1, 0.15) is 32.6 Å². The van der Waals surface area contributed by atoms with Gasteiger partial charge in [-0.15, -0.1) is 0 Å². The van der Waals surface area contributed by atoms with Gasteiger partial charge in [-0.1, -0.05) is 11.6 Å². The molecule has 1 nitrogen and oxygen atoms in total. The van der Waals surface area contributed by atoms with Gasteiger partial charge in [0.2, 0.25) is 0 Å². The van der Waals surface area contributed by atoms with E-state index in [9.17, 15) is 0 Å². The third-order valence-electron chi connectivity index (χ3n) is 3.53. The van der Waals surface area contributed by atoms with Crippen LogP contribution in [0.3, 0.4) is 0 Å². The highest BCUT2D eigenvalue weighted by molar-refractivity contribution is 5.07. The maximum absolute atomic E-state index is 2.55. The molecule has 68 valence electrons. The first-order chi connectivity index (χ1) is 5.79. The zero-order valence-corrected chi connectivity index (χ0v) is 8.21. The summed E-state index contributed by atoms with van der Waals surface area (Å²) in [6.07, 6.45) is 7.90. The second-order valence-corrected chi connectivity index (χ2v) is 4.38. The molecule has 0 spiro atoms. The third-order valence-corrected chi connectivity index (χ3v) is 3.53. The minimum atomic E-state index is 0.896. The van der Waals surface area contributed by atoms with Gasteiger partial charge in [0.1, 0.15) is 0 Å². The Morgan fingerprint density at radius 2 is 2.33 bits per heavy atom. The van der Waals surface area contributed by atoms with Crippen LogP contribution in [0.4, 0.5) is 0 Å². The van der Waals surface area contributed by atoms with Crippen LogP contribution in [0.5, 0.6) is 0 Å². The molecule has 0 aromatic rings. The molecule has 2 rings (SSSR count). The molecule has 0 aromatic carbocycles. The van der Waals surface area contributed by atoms with Gasteiger partial charge < -0.3 is 4.90 Å². The van der Waals surface area contributed by atoms with E-state index >= 15 is 0 Å². The minimum absolute atomic E-state index is 0.896. The summed E-state index contributed by atoms with van der Waals surface area (Å²) < 4.78 is 0. The van der Waals surface area contributed by atoms with Gasteiger partial charge in [-0.2, -0.15) is 0 Å². The van der Waals surface area contributed by atoms with Crippen LogP contribution in [-0.4, -0.2) is 24.5 Å². The Morgan fingerprint density at radius 3 is 3.08 bits per heavy atom. The van der Waals surface area contributed by atoms with Crippen LogP contribution in [-0.2, 0) is 0 Å². The van der Waals surface area contributed by atoms with Crippen molar-refractivity contribution in [2.75, 3.05) is 13.6 Å². The molecule has 1 aliphatic heterocycles. The summed E-state index contributed by atoms with van der Waals surface area (Å²) >= 11 is 0. The average molecular weight is 165 g/mol. The molecule has 2 bridgehead atoms. The first-order valence-electron chi connectivity index (χ1n) is 5.14. The molecule has 12 heavy (non-hydrogen) atoms. The number of hydrogen-bond acceptors (Lipinski definition) is 1. The second kappa shape index (κ2) is 3.21. The molecule has 1 heterocycles. The summed E-state index contributed by atoms with van der Waals surface area (Å²) in [6, 6.07) is 0.896. The molecule has 0 amide bonds. The topological polar surface area (TPSA) is 3.24 Å². The second-order valence-electron chi connectivity index (χ2n) is 4.38. The van der Waals surface area contributed by atoms with Crippen molar-refractivity contribution in [3.05, 3.63) is 11.6 Å². The van der Waals surface area contributed by atoms with Gasteiger partial charge in [-0.05, 0) is 45.6 Å². The number of fused-ring (bicyclic) bond motifs is 2. The summed E-state index contributed by atoms with van der Waals surface area (Å²) in [5.41, 5.74) is 1.70. The van der Waals surface area contributed by atoms with Crippen molar-refractivity contribution in [3.8, 4) is 0 Å². The van der Waals surface area contributed by atoms with Crippen molar-refractivity contribution < 1.29 is 0 Å². The van der Waals surface area contributed by atoms with E-state index in [2.05, 4.69) is 24.9 Å². The van der Waals surface area contributed by atoms with Gasteiger partial charge in [0, 0.05) is 12.6 Å². The van der Waals surface area contributed by atoms with Gasteiger partial charge in [0.05, 0.1) is 0 Å². The van der Waals surface area contributed by atoms with Crippen molar-refractivity contribution in [3.63, 3.8) is 0 Å². The fourth-order valence-electron chi connectivity index (χ4n) is 2.77. The molecule has 2 aliphatic rings. The highest BCUT2D eigenvalue weighted by Gasteiger charge is 2.31. The molecule has 0 aromatic heterocycles. The molecule has 1 aliphatic carbocycles. The van der Waals surface area contributed by atoms with Gasteiger partial charge >= 0.3 is 0 Å². The third kappa shape index (κ3) is 1.42. The largest absolute Gasteiger partial charge is 0.303 e. The quantitative estimate of drug-likeness (QED) is 0.498. The molecule has 2 atom stereocenters. The molecule has 2 fully saturated rings. The van der Waals surface area contributed by atoms with Gasteiger partial charge in [-0.25, -0.2) is 0 Å². The van der Waals surface area contributed by atoms with Gasteiger partial charge in [0.25, 0.3) is 0 Å². The molecule has 1 heteroatoms. The van der Waals surface area contributed by atoms with Crippen LogP contribution < -0.4 is 0 Å². The summed E-state index contributed by atoms with van der Waals surface area (Å²) in [5.74, 6) is 0.966. The van der Waals surface area contributed by atoms with E-state index in [0.29, 0.717) is 0 Å².